The Morgan fingerprint density at radius 2 is 1.58 bits per heavy atom. The van der Waals surface area contributed by atoms with E-state index < -0.39 is 0 Å². The van der Waals surface area contributed by atoms with Gasteiger partial charge in [0.1, 0.15) is 18.1 Å². The third kappa shape index (κ3) is 4.11. The second-order valence-corrected chi connectivity index (χ2v) is 5.20. The lowest BCUT2D eigenvalue weighted by molar-refractivity contribution is 0.201. The predicted molar refractivity (Wildman–Crippen MR) is 87.8 cm³/mol. The van der Waals surface area contributed by atoms with Crippen molar-refractivity contribution in [1.29, 1.82) is 0 Å². The van der Waals surface area contributed by atoms with Crippen LogP contribution < -0.4 is 9.47 Å². The van der Waals surface area contributed by atoms with Crippen LogP contribution in [0.1, 0.15) is 11.5 Å². The first-order valence-corrected chi connectivity index (χ1v) is 7.60. The Morgan fingerprint density at radius 1 is 0.917 bits per heavy atom. The molecular weight excluding hydrogens is 308 g/mol. The molecule has 0 aliphatic carbocycles. The van der Waals surface area contributed by atoms with Crippen molar-refractivity contribution < 1.29 is 19.0 Å². The molecule has 1 heterocycles. The van der Waals surface area contributed by atoms with Crippen LogP contribution in [0.4, 0.5) is 0 Å². The van der Waals surface area contributed by atoms with E-state index in [2.05, 4.69) is 10.2 Å². The summed E-state index contributed by atoms with van der Waals surface area (Å²) in [5.41, 5.74) is 2.05. The van der Waals surface area contributed by atoms with Crippen LogP contribution in [-0.4, -0.2) is 28.5 Å². The number of rotatable bonds is 7. The summed E-state index contributed by atoms with van der Waals surface area (Å²) < 4.78 is 16.5. The highest BCUT2D eigenvalue weighted by atomic mass is 16.5. The van der Waals surface area contributed by atoms with Gasteiger partial charge in [-0.1, -0.05) is 17.7 Å². The third-order valence-corrected chi connectivity index (χ3v) is 3.31. The molecule has 0 unspecified atom stereocenters. The van der Waals surface area contributed by atoms with Crippen molar-refractivity contribution in [3.05, 3.63) is 60.0 Å². The molecule has 0 radical (unpaired) electrons. The smallest absolute Gasteiger partial charge is 0.254 e. The summed E-state index contributed by atoms with van der Waals surface area (Å²) >= 11 is 0. The first-order valence-electron chi connectivity index (χ1n) is 7.60. The molecule has 0 aliphatic heterocycles. The van der Waals surface area contributed by atoms with Crippen LogP contribution in [0.15, 0.2) is 52.9 Å². The van der Waals surface area contributed by atoms with E-state index in [0.717, 1.165) is 5.56 Å². The maximum atomic E-state index is 8.72. The molecule has 0 saturated heterocycles. The number of hydrogen-bond acceptors (Lipinski definition) is 6. The van der Waals surface area contributed by atoms with Gasteiger partial charge in [-0.05, 0) is 43.3 Å². The number of aryl methyl sites for hydroxylation is 1. The molecule has 0 bridgehead atoms. The Labute approximate surface area is 139 Å². The van der Waals surface area contributed by atoms with Gasteiger partial charge in [-0.15, -0.1) is 10.2 Å². The molecule has 0 spiro atoms. The first-order chi connectivity index (χ1) is 11.7. The normalized spacial score (nSPS) is 10.6. The van der Waals surface area contributed by atoms with Crippen LogP contribution >= 0.6 is 0 Å². The number of ether oxygens (including phenoxy) is 2. The summed E-state index contributed by atoms with van der Waals surface area (Å²) in [7, 11) is 0. The summed E-state index contributed by atoms with van der Waals surface area (Å²) in [5, 5.41) is 16.7. The van der Waals surface area contributed by atoms with E-state index in [0.29, 0.717) is 23.3 Å². The van der Waals surface area contributed by atoms with Crippen molar-refractivity contribution in [3.63, 3.8) is 0 Å². The van der Waals surface area contributed by atoms with E-state index in [1.165, 1.54) is 5.56 Å². The van der Waals surface area contributed by atoms with Crippen molar-refractivity contribution >= 4 is 0 Å². The number of hydrogen-bond donors (Lipinski definition) is 1. The molecule has 1 N–H and O–H groups in total. The molecule has 2 aromatic carbocycles. The Kier molecular flexibility index (Phi) is 5.08. The minimum atomic E-state index is -0.0151. The number of aliphatic hydroxyl groups is 1. The molecule has 0 aliphatic rings. The Balaban J connectivity index is 1.58. The van der Waals surface area contributed by atoms with Gasteiger partial charge in [-0.3, -0.25) is 0 Å². The molecule has 0 amide bonds. The summed E-state index contributed by atoms with van der Waals surface area (Å²) in [6, 6.07) is 15.0. The van der Waals surface area contributed by atoms with Crippen LogP contribution in [0.2, 0.25) is 0 Å². The number of aliphatic hydroxyl groups excluding tert-OH is 1. The van der Waals surface area contributed by atoms with Gasteiger partial charge in [0.05, 0.1) is 6.61 Å². The lowest BCUT2D eigenvalue weighted by Crippen LogP contribution is -2.01. The molecule has 0 saturated carbocycles. The molecule has 3 aromatic rings. The van der Waals surface area contributed by atoms with Crippen LogP contribution in [0.5, 0.6) is 11.5 Å². The minimum Gasteiger partial charge on any atom is -0.491 e. The Bertz CT molecular complexity index is 766. The summed E-state index contributed by atoms with van der Waals surface area (Å²) in [6.45, 7) is 2.47. The van der Waals surface area contributed by atoms with E-state index in [-0.39, 0.29) is 19.8 Å². The molecule has 1 aromatic heterocycles. The lowest BCUT2D eigenvalue weighted by atomic mass is 10.1. The standard InChI is InChI=1S/C18H18N2O4/c1-13-2-4-14(5-3-13)18-20-19-17(24-18)12-23-16-8-6-15(7-9-16)22-11-10-21/h2-9,21H,10-12H2,1H3. The molecule has 0 fully saturated rings. The maximum absolute atomic E-state index is 8.72. The van der Waals surface area contributed by atoms with E-state index >= 15 is 0 Å². The van der Waals surface area contributed by atoms with E-state index in [1.807, 2.05) is 31.2 Å². The van der Waals surface area contributed by atoms with Gasteiger partial charge in [0.25, 0.3) is 5.89 Å². The number of aromatic nitrogens is 2. The summed E-state index contributed by atoms with van der Waals surface area (Å²) in [4.78, 5) is 0. The fourth-order valence-electron chi connectivity index (χ4n) is 2.07. The second-order valence-electron chi connectivity index (χ2n) is 5.20. The van der Waals surface area contributed by atoms with Crippen molar-refractivity contribution in [2.24, 2.45) is 0 Å². The summed E-state index contributed by atoms with van der Waals surface area (Å²) in [6.07, 6.45) is 0. The average Bonchev–Trinajstić information content (AvgIpc) is 3.09. The quantitative estimate of drug-likeness (QED) is 0.719. The Hall–Kier alpha value is -2.86. The van der Waals surface area contributed by atoms with Gasteiger partial charge in [0, 0.05) is 5.56 Å². The zero-order valence-electron chi connectivity index (χ0n) is 13.3. The SMILES string of the molecule is Cc1ccc(-c2nnc(COc3ccc(OCCO)cc3)o2)cc1. The second kappa shape index (κ2) is 7.61. The maximum Gasteiger partial charge on any atom is 0.254 e. The molecular formula is C18H18N2O4. The topological polar surface area (TPSA) is 77.6 Å². The fourth-order valence-corrected chi connectivity index (χ4v) is 2.07. The van der Waals surface area contributed by atoms with Crippen LogP contribution in [0.25, 0.3) is 11.5 Å². The largest absolute Gasteiger partial charge is 0.491 e. The monoisotopic (exact) mass is 326 g/mol. The average molecular weight is 326 g/mol. The minimum absolute atomic E-state index is 0.0151. The Morgan fingerprint density at radius 3 is 2.25 bits per heavy atom. The molecule has 24 heavy (non-hydrogen) atoms. The zero-order valence-corrected chi connectivity index (χ0v) is 13.3. The van der Waals surface area contributed by atoms with Crippen molar-refractivity contribution in [2.75, 3.05) is 13.2 Å². The summed E-state index contributed by atoms with van der Waals surface area (Å²) in [5.74, 6) is 2.23. The zero-order chi connectivity index (χ0) is 16.8. The van der Waals surface area contributed by atoms with Crippen molar-refractivity contribution in [1.82, 2.24) is 10.2 Å². The van der Waals surface area contributed by atoms with E-state index in [9.17, 15) is 0 Å². The molecule has 124 valence electrons. The van der Waals surface area contributed by atoms with Gasteiger partial charge in [-0.25, -0.2) is 0 Å². The molecule has 6 nitrogen and oxygen atoms in total. The number of nitrogens with zero attached hydrogens (tertiary/aromatic N) is 2. The number of benzene rings is 2. The van der Waals surface area contributed by atoms with Crippen molar-refractivity contribution in [3.8, 4) is 23.0 Å². The van der Waals surface area contributed by atoms with Gasteiger partial charge >= 0.3 is 0 Å². The molecule has 0 atom stereocenters. The highest BCUT2D eigenvalue weighted by molar-refractivity contribution is 5.52. The fraction of sp³-hybridized carbons (Fsp3) is 0.222. The van der Waals surface area contributed by atoms with E-state index in [4.69, 9.17) is 19.0 Å². The van der Waals surface area contributed by atoms with Crippen LogP contribution in [0.3, 0.4) is 0 Å². The van der Waals surface area contributed by atoms with Gasteiger partial charge in [0.2, 0.25) is 5.89 Å². The van der Waals surface area contributed by atoms with Crippen molar-refractivity contribution in [2.45, 2.75) is 13.5 Å². The van der Waals surface area contributed by atoms with Crippen LogP contribution in [0, 0.1) is 6.92 Å². The van der Waals surface area contributed by atoms with Gasteiger partial charge in [0.15, 0.2) is 6.61 Å². The lowest BCUT2D eigenvalue weighted by Gasteiger charge is -2.06. The van der Waals surface area contributed by atoms with Gasteiger partial charge in [-0.2, -0.15) is 0 Å². The highest BCUT2D eigenvalue weighted by Crippen LogP contribution is 2.21. The van der Waals surface area contributed by atoms with Crippen LogP contribution in [-0.2, 0) is 6.61 Å². The first kappa shape index (κ1) is 16.0. The van der Waals surface area contributed by atoms with Gasteiger partial charge < -0.3 is 19.0 Å². The highest BCUT2D eigenvalue weighted by Gasteiger charge is 2.09. The predicted octanol–water partition coefficient (Wildman–Crippen LogP) is 3.00. The molecule has 6 heteroatoms. The molecule has 3 rings (SSSR count). The van der Waals surface area contributed by atoms with E-state index in [1.54, 1.807) is 24.3 Å². The third-order valence-electron chi connectivity index (χ3n) is 3.31.